The summed E-state index contributed by atoms with van der Waals surface area (Å²) in [6, 6.07) is 12.4. The highest BCUT2D eigenvalue weighted by atomic mass is 16.6. The Balaban J connectivity index is 1.51. The third kappa shape index (κ3) is 5.46. The van der Waals surface area contributed by atoms with Crippen molar-refractivity contribution in [3.8, 4) is 11.3 Å². The van der Waals surface area contributed by atoms with Gasteiger partial charge in [-0.25, -0.2) is 14.3 Å². The van der Waals surface area contributed by atoms with Crippen LogP contribution >= 0.6 is 0 Å². The summed E-state index contributed by atoms with van der Waals surface area (Å²) in [5.41, 5.74) is 3.45. The monoisotopic (exact) mass is 449 g/mol. The fourth-order valence-corrected chi connectivity index (χ4v) is 4.28. The first kappa shape index (κ1) is 23.1. The molecule has 7 heteroatoms. The molecule has 0 spiro atoms. The van der Waals surface area contributed by atoms with E-state index >= 15 is 0 Å². The maximum absolute atomic E-state index is 12.7. The number of aromatic nitrogens is 3. The van der Waals surface area contributed by atoms with Crippen LogP contribution in [-0.4, -0.2) is 44.3 Å². The lowest BCUT2D eigenvalue weighted by Crippen LogP contribution is -2.36. The maximum Gasteiger partial charge on any atom is 0.410 e. The van der Waals surface area contributed by atoms with Crippen molar-refractivity contribution in [2.24, 2.45) is 0 Å². The van der Waals surface area contributed by atoms with Crippen LogP contribution in [0.5, 0.6) is 0 Å². The highest BCUT2D eigenvalue weighted by molar-refractivity contribution is 5.69. The topological polar surface area (TPSA) is 71.8 Å². The van der Waals surface area contributed by atoms with Crippen LogP contribution in [-0.2, 0) is 4.74 Å². The van der Waals surface area contributed by atoms with Crippen LogP contribution in [0.3, 0.4) is 0 Å². The van der Waals surface area contributed by atoms with Gasteiger partial charge in [0, 0.05) is 18.7 Å². The predicted octanol–water partition coefficient (Wildman–Crippen LogP) is 6.07. The molecular formula is C26H35N5O2. The average molecular weight is 450 g/mol. The smallest absolute Gasteiger partial charge is 0.410 e. The molecule has 33 heavy (non-hydrogen) atoms. The van der Waals surface area contributed by atoms with Gasteiger partial charge < -0.3 is 15.0 Å². The van der Waals surface area contributed by atoms with Crippen molar-refractivity contribution in [2.45, 2.75) is 71.4 Å². The number of rotatable bonds is 7. The maximum atomic E-state index is 12.7. The van der Waals surface area contributed by atoms with Gasteiger partial charge in [0.05, 0.1) is 17.9 Å². The average Bonchev–Trinajstić information content (AvgIpc) is 3.43. The van der Waals surface area contributed by atoms with Crippen LogP contribution in [0, 0.1) is 0 Å². The van der Waals surface area contributed by atoms with Gasteiger partial charge in [0.25, 0.3) is 0 Å². The van der Waals surface area contributed by atoms with E-state index in [0.29, 0.717) is 0 Å². The Morgan fingerprint density at radius 2 is 1.94 bits per heavy atom. The van der Waals surface area contributed by atoms with Crippen molar-refractivity contribution < 1.29 is 9.53 Å². The molecule has 4 rings (SSSR count). The number of fused-ring (bicyclic) bond motifs is 1. The van der Waals surface area contributed by atoms with Crippen molar-refractivity contribution in [3.05, 3.63) is 48.2 Å². The predicted molar refractivity (Wildman–Crippen MR) is 131 cm³/mol. The van der Waals surface area contributed by atoms with Crippen LogP contribution in [0.15, 0.2) is 42.6 Å². The Hall–Kier alpha value is -3.09. The van der Waals surface area contributed by atoms with Crippen molar-refractivity contribution in [1.82, 2.24) is 19.5 Å². The van der Waals surface area contributed by atoms with E-state index in [-0.39, 0.29) is 12.1 Å². The van der Waals surface area contributed by atoms with Gasteiger partial charge >= 0.3 is 6.09 Å². The standard InChI is InChI=1S/C26H35N5O2/c1-5-6-7-16-27-23-14-15-24-28-18-22(31(24)29-23)20-12-10-19(11-13-20)21-9-8-17-30(21)25(32)33-26(2,3)4/h10-15,18,21H,5-9,16-17H2,1-4H3,(H,27,29). The lowest BCUT2D eigenvalue weighted by atomic mass is 10.0. The number of unbranched alkanes of at least 4 members (excludes halogenated alkanes) is 2. The van der Waals surface area contributed by atoms with Crippen molar-refractivity contribution in [3.63, 3.8) is 0 Å². The fraction of sp³-hybridized carbons (Fsp3) is 0.500. The summed E-state index contributed by atoms with van der Waals surface area (Å²) in [6.07, 6.45) is 7.10. The molecule has 3 aromatic rings. The zero-order valence-electron chi connectivity index (χ0n) is 20.2. The van der Waals surface area contributed by atoms with E-state index < -0.39 is 5.60 Å². The quantitative estimate of drug-likeness (QED) is 0.443. The van der Waals surface area contributed by atoms with Crippen LogP contribution < -0.4 is 5.32 Å². The van der Waals surface area contributed by atoms with Crippen molar-refractivity contribution in [1.29, 1.82) is 0 Å². The van der Waals surface area contributed by atoms with E-state index in [9.17, 15) is 4.79 Å². The number of hydrogen-bond acceptors (Lipinski definition) is 5. The number of ether oxygens (including phenoxy) is 1. The molecule has 2 aromatic heterocycles. The Morgan fingerprint density at radius 3 is 2.67 bits per heavy atom. The van der Waals surface area contributed by atoms with Gasteiger partial charge in [-0.2, -0.15) is 0 Å². The van der Waals surface area contributed by atoms with Gasteiger partial charge in [-0.05, 0) is 57.7 Å². The number of likely N-dealkylation sites (tertiary alicyclic amines) is 1. The lowest BCUT2D eigenvalue weighted by Gasteiger charge is -2.29. The molecule has 1 N–H and O–H groups in total. The van der Waals surface area contributed by atoms with Gasteiger partial charge in [-0.3, -0.25) is 0 Å². The summed E-state index contributed by atoms with van der Waals surface area (Å²) in [6.45, 7) is 9.56. The van der Waals surface area contributed by atoms with Gasteiger partial charge in [0.15, 0.2) is 5.65 Å². The normalized spacial score (nSPS) is 16.4. The van der Waals surface area contributed by atoms with Gasteiger partial charge in [0.1, 0.15) is 11.4 Å². The first-order chi connectivity index (χ1) is 15.9. The van der Waals surface area contributed by atoms with E-state index in [4.69, 9.17) is 9.84 Å². The minimum Gasteiger partial charge on any atom is -0.444 e. The van der Waals surface area contributed by atoms with Crippen molar-refractivity contribution >= 4 is 17.6 Å². The second-order valence-electron chi connectivity index (χ2n) is 9.72. The Kier molecular flexibility index (Phi) is 6.86. The molecule has 1 unspecified atom stereocenters. The summed E-state index contributed by atoms with van der Waals surface area (Å²) in [5.74, 6) is 0.855. The van der Waals surface area contributed by atoms with Crippen LogP contribution in [0.2, 0.25) is 0 Å². The van der Waals surface area contributed by atoms with E-state index in [0.717, 1.165) is 60.6 Å². The van der Waals surface area contributed by atoms with Crippen LogP contribution in [0.4, 0.5) is 10.6 Å². The summed E-state index contributed by atoms with van der Waals surface area (Å²) < 4.78 is 7.51. The molecule has 3 heterocycles. The number of nitrogens with zero attached hydrogens (tertiary/aromatic N) is 4. The van der Waals surface area contributed by atoms with Crippen molar-refractivity contribution in [2.75, 3.05) is 18.4 Å². The number of benzene rings is 1. The third-order valence-corrected chi connectivity index (χ3v) is 5.92. The molecule has 1 amide bonds. The molecule has 0 radical (unpaired) electrons. The third-order valence-electron chi connectivity index (χ3n) is 5.92. The fourth-order valence-electron chi connectivity index (χ4n) is 4.28. The van der Waals surface area contributed by atoms with Gasteiger partial charge in [-0.1, -0.05) is 44.0 Å². The molecule has 0 aliphatic carbocycles. The van der Waals surface area contributed by atoms with E-state index in [1.807, 2.05) is 48.5 Å². The molecule has 0 saturated carbocycles. The number of amides is 1. The SMILES string of the molecule is CCCCCNc1ccc2ncc(-c3ccc(C4CCCN4C(=O)OC(C)(C)C)cc3)n2n1. The van der Waals surface area contributed by atoms with E-state index in [1.54, 1.807) is 0 Å². The van der Waals surface area contributed by atoms with Crippen LogP contribution in [0.25, 0.3) is 16.9 Å². The van der Waals surface area contributed by atoms with Gasteiger partial charge in [0.2, 0.25) is 0 Å². The number of carbonyl (C=O) groups excluding carboxylic acids is 1. The first-order valence-corrected chi connectivity index (χ1v) is 12.0. The molecule has 0 bridgehead atoms. The molecule has 1 fully saturated rings. The Bertz CT molecular complexity index is 1080. The second-order valence-corrected chi connectivity index (χ2v) is 9.72. The summed E-state index contributed by atoms with van der Waals surface area (Å²) in [5, 5.41) is 8.16. The zero-order chi connectivity index (χ0) is 23.4. The zero-order valence-corrected chi connectivity index (χ0v) is 20.2. The molecule has 176 valence electrons. The minimum atomic E-state index is -0.492. The Labute approximate surface area is 196 Å². The number of carbonyl (C=O) groups is 1. The van der Waals surface area contributed by atoms with Crippen LogP contribution in [0.1, 0.15) is 71.4 Å². The highest BCUT2D eigenvalue weighted by Crippen LogP contribution is 2.34. The summed E-state index contributed by atoms with van der Waals surface area (Å²) in [4.78, 5) is 19.0. The molecule has 1 atom stereocenters. The largest absolute Gasteiger partial charge is 0.444 e. The second kappa shape index (κ2) is 9.81. The molecule has 1 aromatic carbocycles. The lowest BCUT2D eigenvalue weighted by molar-refractivity contribution is 0.0224. The highest BCUT2D eigenvalue weighted by Gasteiger charge is 2.33. The number of anilines is 1. The minimum absolute atomic E-state index is 0.0492. The molecule has 7 nitrogen and oxygen atoms in total. The number of nitrogens with one attached hydrogen (secondary N) is 1. The molecule has 1 aliphatic rings. The van der Waals surface area contributed by atoms with E-state index in [2.05, 4.69) is 41.5 Å². The molecular weight excluding hydrogens is 414 g/mol. The first-order valence-electron chi connectivity index (χ1n) is 12.0. The Morgan fingerprint density at radius 1 is 1.15 bits per heavy atom. The molecule has 1 saturated heterocycles. The summed E-state index contributed by atoms with van der Waals surface area (Å²) >= 11 is 0. The van der Waals surface area contributed by atoms with Gasteiger partial charge in [-0.15, -0.1) is 5.10 Å². The summed E-state index contributed by atoms with van der Waals surface area (Å²) in [7, 11) is 0. The molecule has 1 aliphatic heterocycles. The number of imidazole rings is 1. The van der Waals surface area contributed by atoms with E-state index in [1.165, 1.54) is 12.8 Å². The number of hydrogen-bond donors (Lipinski definition) is 1.